The van der Waals surface area contributed by atoms with Crippen LogP contribution < -0.4 is 0 Å². The number of carbonyl (C=O) groups is 2. The molecule has 0 saturated carbocycles. The molecule has 7 heteroatoms. The number of hydrogen-bond acceptors (Lipinski definition) is 6. The molecule has 0 aliphatic rings. The van der Waals surface area contributed by atoms with Crippen molar-refractivity contribution < 1.29 is 19.2 Å². The summed E-state index contributed by atoms with van der Waals surface area (Å²) in [7, 11) is 0. The summed E-state index contributed by atoms with van der Waals surface area (Å²) in [6.07, 6.45) is 0. The number of para-hydroxylation sites is 1. The average molecular weight is 426 g/mol. The number of pyridine rings is 1. The molecule has 0 fully saturated rings. The number of nitro benzene ring substituents is 1. The Morgan fingerprint density at radius 2 is 1.59 bits per heavy atom. The quantitative estimate of drug-likeness (QED) is 0.183. The molecule has 0 bridgehead atoms. The largest absolute Gasteiger partial charge is 0.454 e. The lowest BCUT2D eigenvalue weighted by Crippen LogP contribution is -2.16. The molecule has 0 N–H and O–H groups in total. The predicted octanol–water partition coefficient (Wildman–Crippen LogP) is 5.16. The van der Waals surface area contributed by atoms with Gasteiger partial charge in [0, 0.05) is 28.6 Å². The third-order valence-corrected chi connectivity index (χ3v) is 5.12. The molecule has 32 heavy (non-hydrogen) atoms. The molecule has 0 unspecified atom stereocenters. The van der Waals surface area contributed by atoms with Crippen molar-refractivity contribution in [3.63, 3.8) is 0 Å². The Kier molecular flexibility index (Phi) is 5.72. The molecule has 0 saturated heterocycles. The van der Waals surface area contributed by atoms with Crippen molar-refractivity contribution >= 4 is 28.3 Å². The lowest BCUT2D eigenvalue weighted by atomic mass is 9.98. The van der Waals surface area contributed by atoms with Crippen LogP contribution in [-0.4, -0.2) is 28.3 Å². The number of fused-ring (bicyclic) bond motifs is 1. The van der Waals surface area contributed by atoms with Crippen LogP contribution in [0.15, 0.2) is 78.9 Å². The van der Waals surface area contributed by atoms with E-state index in [9.17, 15) is 19.7 Å². The highest BCUT2D eigenvalue weighted by Gasteiger charge is 2.21. The molecule has 3 aromatic carbocycles. The number of benzene rings is 3. The Morgan fingerprint density at radius 3 is 2.28 bits per heavy atom. The molecule has 4 aromatic rings. The van der Waals surface area contributed by atoms with E-state index in [4.69, 9.17) is 9.72 Å². The Bertz CT molecular complexity index is 1330. The minimum absolute atomic E-state index is 0.120. The summed E-state index contributed by atoms with van der Waals surface area (Å²) in [5.41, 5.74) is 3.29. The van der Waals surface area contributed by atoms with E-state index in [-0.39, 0.29) is 11.3 Å². The van der Waals surface area contributed by atoms with Crippen LogP contribution in [0.3, 0.4) is 0 Å². The molecule has 0 radical (unpaired) electrons. The summed E-state index contributed by atoms with van der Waals surface area (Å²) in [5.74, 6) is -1.08. The number of esters is 1. The number of nitro groups is 1. The smallest absolute Gasteiger partial charge is 0.339 e. The van der Waals surface area contributed by atoms with E-state index < -0.39 is 23.3 Å². The molecule has 1 aromatic heterocycles. The van der Waals surface area contributed by atoms with E-state index in [2.05, 4.69) is 0 Å². The summed E-state index contributed by atoms with van der Waals surface area (Å²) < 4.78 is 5.35. The van der Waals surface area contributed by atoms with E-state index in [1.54, 1.807) is 13.0 Å². The van der Waals surface area contributed by atoms with Gasteiger partial charge in [0.15, 0.2) is 12.4 Å². The molecule has 7 nitrogen and oxygen atoms in total. The first-order valence-electron chi connectivity index (χ1n) is 9.85. The van der Waals surface area contributed by atoms with Gasteiger partial charge in [0.1, 0.15) is 0 Å². The number of non-ortho nitro benzene ring substituents is 1. The third-order valence-electron chi connectivity index (χ3n) is 5.12. The summed E-state index contributed by atoms with van der Waals surface area (Å²) in [5, 5.41) is 11.4. The number of hydrogen-bond donors (Lipinski definition) is 0. The number of ether oxygens (including phenoxy) is 1. The van der Waals surface area contributed by atoms with Crippen LogP contribution in [0.25, 0.3) is 22.2 Å². The molecular weight excluding hydrogens is 408 g/mol. The molecule has 1 heterocycles. The normalized spacial score (nSPS) is 10.7. The van der Waals surface area contributed by atoms with Crippen molar-refractivity contribution in [1.82, 2.24) is 4.98 Å². The second-order valence-corrected chi connectivity index (χ2v) is 7.15. The minimum atomic E-state index is -0.631. The molecule has 0 aliphatic carbocycles. The fourth-order valence-electron chi connectivity index (χ4n) is 3.50. The average Bonchev–Trinajstić information content (AvgIpc) is 2.82. The van der Waals surface area contributed by atoms with Gasteiger partial charge in [-0.15, -0.1) is 0 Å². The Morgan fingerprint density at radius 1 is 0.938 bits per heavy atom. The zero-order chi connectivity index (χ0) is 22.7. The van der Waals surface area contributed by atoms with Gasteiger partial charge in [0.2, 0.25) is 0 Å². The van der Waals surface area contributed by atoms with Gasteiger partial charge in [0.05, 0.1) is 21.7 Å². The standard InChI is InChI=1S/C25H18N2O5/c1-16-23(25(29)32-15-22(28)17-11-13-19(14-12-17)27(30)31)20-9-5-6-10-21(20)26-24(16)18-7-3-2-4-8-18/h2-14H,15H2,1H3. The summed E-state index contributed by atoms with van der Waals surface area (Å²) in [6.45, 7) is 1.32. The van der Waals surface area contributed by atoms with E-state index in [0.717, 1.165) is 5.56 Å². The highest BCUT2D eigenvalue weighted by Crippen LogP contribution is 2.30. The van der Waals surface area contributed by atoms with E-state index in [1.165, 1.54) is 24.3 Å². The predicted molar refractivity (Wildman–Crippen MR) is 120 cm³/mol. The first-order chi connectivity index (χ1) is 15.5. The van der Waals surface area contributed by atoms with Crippen molar-refractivity contribution in [2.45, 2.75) is 6.92 Å². The second kappa shape index (κ2) is 8.77. The van der Waals surface area contributed by atoms with Crippen molar-refractivity contribution in [2.24, 2.45) is 0 Å². The monoisotopic (exact) mass is 426 g/mol. The number of carbonyl (C=O) groups excluding carboxylic acids is 2. The number of aromatic nitrogens is 1. The lowest BCUT2D eigenvalue weighted by molar-refractivity contribution is -0.384. The van der Waals surface area contributed by atoms with Gasteiger partial charge in [-0.1, -0.05) is 48.5 Å². The van der Waals surface area contributed by atoms with Crippen molar-refractivity contribution in [2.75, 3.05) is 6.61 Å². The van der Waals surface area contributed by atoms with Crippen molar-refractivity contribution in [1.29, 1.82) is 0 Å². The molecule has 0 amide bonds. The Labute approximate surface area is 183 Å². The van der Waals surface area contributed by atoms with Crippen LogP contribution in [0.4, 0.5) is 5.69 Å². The first kappa shape index (κ1) is 20.9. The maximum atomic E-state index is 13.1. The summed E-state index contributed by atoms with van der Waals surface area (Å²) >= 11 is 0. The molecule has 4 rings (SSSR count). The zero-order valence-corrected chi connectivity index (χ0v) is 17.1. The van der Waals surface area contributed by atoms with Gasteiger partial charge in [-0.25, -0.2) is 9.78 Å². The number of nitrogens with zero attached hydrogens (tertiary/aromatic N) is 2. The molecule has 0 spiro atoms. The lowest BCUT2D eigenvalue weighted by Gasteiger charge is -2.14. The second-order valence-electron chi connectivity index (χ2n) is 7.15. The van der Waals surface area contributed by atoms with Crippen LogP contribution >= 0.6 is 0 Å². The van der Waals surface area contributed by atoms with Crippen LogP contribution in [-0.2, 0) is 4.74 Å². The van der Waals surface area contributed by atoms with Crippen molar-refractivity contribution in [3.05, 3.63) is 106 Å². The van der Waals surface area contributed by atoms with Gasteiger partial charge in [-0.2, -0.15) is 0 Å². The number of rotatable bonds is 6. The third kappa shape index (κ3) is 4.09. The maximum Gasteiger partial charge on any atom is 0.339 e. The van der Waals surface area contributed by atoms with E-state index >= 15 is 0 Å². The minimum Gasteiger partial charge on any atom is -0.454 e. The maximum absolute atomic E-state index is 13.1. The number of Topliss-reactive ketones (excluding diaryl/α,β-unsaturated/α-hetero) is 1. The molecule has 158 valence electrons. The van der Waals surface area contributed by atoms with Crippen LogP contribution in [0, 0.1) is 17.0 Å². The fourth-order valence-corrected chi connectivity index (χ4v) is 3.50. The Hall–Kier alpha value is -4.39. The van der Waals surface area contributed by atoms with Gasteiger partial charge in [0.25, 0.3) is 5.69 Å². The van der Waals surface area contributed by atoms with Crippen LogP contribution in [0.5, 0.6) is 0 Å². The molecule has 0 aliphatic heterocycles. The first-order valence-corrected chi connectivity index (χ1v) is 9.85. The highest BCUT2D eigenvalue weighted by atomic mass is 16.6. The van der Waals surface area contributed by atoms with Gasteiger partial charge >= 0.3 is 5.97 Å². The fraction of sp³-hybridized carbons (Fsp3) is 0.0800. The van der Waals surface area contributed by atoms with E-state index in [1.807, 2.05) is 48.5 Å². The van der Waals surface area contributed by atoms with Crippen LogP contribution in [0.2, 0.25) is 0 Å². The van der Waals surface area contributed by atoms with Gasteiger partial charge in [-0.05, 0) is 30.7 Å². The zero-order valence-electron chi connectivity index (χ0n) is 17.1. The van der Waals surface area contributed by atoms with Gasteiger partial charge < -0.3 is 4.74 Å². The number of ketones is 1. The van der Waals surface area contributed by atoms with Gasteiger partial charge in [-0.3, -0.25) is 14.9 Å². The topological polar surface area (TPSA) is 99.4 Å². The summed E-state index contributed by atoms with van der Waals surface area (Å²) in [4.78, 5) is 40.4. The molecular formula is C25H18N2O5. The SMILES string of the molecule is Cc1c(-c2ccccc2)nc2ccccc2c1C(=O)OCC(=O)c1ccc([N+](=O)[O-])cc1. The van der Waals surface area contributed by atoms with E-state index in [0.29, 0.717) is 27.7 Å². The molecule has 0 atom stereocenters. The van der Waals surface area contributed by atoms with Crippen LogP contribution in [0.1, 0.15) is 26.3 Å². The highest BCUT2D eigenvalue weighted by molar-refractivity contribution is 6.07. The summed E-state index contributed by atoms with van der Waals surface area (Å²) in [6, 6.07) is 21.9. The van der Waals surface area contributed by atoms with Crippen molar-refractivity contribution in [3.8, 4) is 11.3 Å². The Balaban J connectivity index is 1.64.